The van der Waals surface area contributed by atoms with Crippen molar-refractivity contribution >= 4 is 40.9 Å². The second-order valence-electron chi connectivity index (χ2n) is 12.1. The first-order valence-electron chi connectivity index (χ1n) is 15.8. The summed E-state index contributed by atoms with van der Waals surface area (Å²) < 4.78 is 28.1. The second kappa shape index (κ2) is 16.2. The van der Waals surface area contributed by atoms with Gasteiger partial charge >= 0.3 is 6.09 Å². The molecule has 10 atom stereocenters. The summed E-state index contributed by atoms with van der Waals surface area (Å²) >= 11 is 17.2. The highest BCUT2D eigenvalue weighted by atomic mass is 35.6. The minimum Gasteiger partial charge on any atom is -0.445 e. The van der Waals surface area contributed by atoms with Crippen LogP contribution < -0.4 is 5.32 Å². The zero-order chi connectivity index (χ0) is 35.3. The average Bonchev–Trinajstić information content (AvgIpc) is 3.10. The van der Waals surface area contributed by atoms with E-state index in [1.807, 2.05) is 91.0 Å². The van der Waals surface area contributed by atoms with Crippen LogP contribution in [0, 0.1) is 0 Å². The van der Waals surface area contributed by atoms with E-state index in [2.05, 4.69) is 5.32 Å². The first kappa shape index (κ1) is 37.7. The fraction of sp³-hybridized carbons (Fsp3) is 0.457. The van der Waals surface area contributed by atoms with Crippen LogP contribution in [0.5, 0.6) is 0 Å². The summed E-state index contributed by atoms with van der Waals surface area (Å²) in [6.07, 6.45) is -12.8. The molecular weight excluding hydrogens is 701 g/mol. The summed E-state index contributed by atoms with van der Waals surface area (Å²) in [5.74, 6) is 0. The van der Waals surface area contributed by atoms with E-state index in [1.165, 1.54) is 6.92 Å². The van der Waals surface area contributed by atoms with Gasteiger partial charge in [0.15, 0.2) is 6.29 Å². The molecule has 2 saturated heterocycles. The van der Waals surface area contributed by atoms with Crippen molar-refractivity contribution in [2.45, 2.75) is 84.4 Å². The summed E-state index contributed by atoms with van der Waals surface area (Å²) in [5.41, 5.74) is 1.35. The van der Waals surface area contributed by atoms with Gasteiger partial charge in [-0.1, -0.05) is 126 Å². The standard InChI is InChI=1S/C35H40Cl3NO10/c1-20-26(39-33(44)45-19-34(36,37)38)31(49-32-30(43)29(42)27(40)21(2)48-32)28(41)25(47-20)18-46-35(22-12-6-3-7-13-22,23-14-8-4-9-15-23)24-16-10-5-11-17-24/h3-17,20-21,25-32,40-43H,18-19H2,1-2H3,(H,39,44)/t20-,21?,25?,26?,27+,28-,29-,30?,31+,32-/m0/s1. The van der Waals surface area contributed by atoms with E-state index in [0.29, 0.717) is 0 Å². The Bertz CT molecular complexity index is 1390. The van der Waals surface area contributed by atoms with Crippen molar-refractivity contribution < 1.29 is 48.9 Å². The molecule has 5 N–H and O–H groups in total. The molecule has 49 heavy (non-hydrogen) atoms. The monoisotopic (exact) mass is 739 g/mol. The van der Waals surface area contributed by atoms with Crippen LogP contribution in [0.4, 0.5) is 4.79 Å². The Morgan fingerprint density at radius 1 is 0.735 bits per heavy atom. The van der Waals surface area contributed by atoms with Crippen molar-refractivity contribution in [2.24, 2.45) is 0 Å². The number of benzene rings is 3. The number of halogens is 3. The van der Waals surface area contributed by atoms with Gasteiger partial charge < -0.3 is 49.4 Å². The molecule has 0 bridgehead atoms. The molecule has 0 aromatic heterocycles. The SMILES string of the molecule is CC1O[C@@H](O[C@@H]2C(NC(=O)OCC(Cl)(Cl)Cl)[C@H](C)OC(COC(c3ccccc3)(c3ccccc3)c3ccccc3)[C@@H]2O)C(O)[C@@H](O)[C@@H]1O. The Hall–Kier alpha value is -2.52. The maximum absolute atomic E-state index is 12.8. The normalized spacial score (nSPS) is 30.8. The third-order valence-corrected chi connectivity index (χ3v) is 9.05. The van der Waals surface area contributed by atoms with Crippen molar-refractivity contribution in [3.05, 3.63) is 108 Å². The summed E-state index contributed by atoms with van der Waals surface area (Å²) in [6.45, 7) is 2.41. The number of carbonyl (C=O) groups is 1. The average molecular weight is 741 g/mol. The molecule has 2 aliphatic heterocycles. The van der Waals surface area contributed by atoms with Gasteiger partial charge in [0.2, 0.25) is 3.79 Å². The van der Waals surface area contributed by atoms with E-state index in [-0.39, 0.29) is 6.61 Å². The molecule has 3 aromatic rings. The van der Waals surface area contributed by atoms with Gasteiger partial charge in [0, 0.05) is 0 Å². The fourth-order valence-electron chi connectivity index (χ4n) is 6.22. The van der Waals surface area contributed by atoms with Crippen molar-refractivity contribution in [1.29, 1.82) is 0 Å². The van der Waals surface area contributed by atoms with Gasteiger partial charge in [0.1, 0.15) is 48.8 Å². The zero-order valence-electron chi connectivity index (χ0n) is 26.7. The zero-order valence-corrected chi connectivity index (χ0v) is 29.0. The number of hydrogen-bond acceptors (Lipinski definition) is 10. The molecule has 2 aliphatic rings. The van der Waals surface area contributed by atoms with Gasteiger partial charge in [-0.05, 0) is 30.5 Å². The van der Waals surface area contributed by atoms with Crippen LogP contribution in [0.15, 0.2) is 91.0 Å². The molecule has 2 fully saturated rings. The molecule has 2 heterocycles. The van der Waals surface area contributed by atoms with Gasteiger partial charge in [-0.2, -0.15) is 0 Å². The number of alkyl halides is 3. The minimum absolute atomic E-state index is 0.166. The lowest BCUT2D eigenvalue weighted by Crippen LogP contribution is -2.67. The van der Waals surface area contributed by atoms with Gasteiger partial charge in [-0.15, -0.1) is 0 Å². The van der Waals surface area contributed by atoms with E-state index in [0.717, 1.165) is 16.7 Å². The molecular formula is C35H40Cl3NO10. The highest BCUT2D eigenvalue weighted by Crippen LogP contribution is 2.41. The number of amides is 1. The molecule has 3 aromatic carbocycles. The minimum atomic E-state index is -1.88. The summed E-state index contributed by atoms with van der Waals surface area (Å²) in [5, 5.41) is 45.9. The largest absolute Gasteiger partial charge is 0.445 e. The van der Waals surface area contributed by atoms with Crippen molar-refractivity contribution in [3.8, 4) is 0 Å². The molecule has 5 rings (SSSR count). The van der Waals surface area contributed by atoms with Crippen molar-refractivity contribution in [2.75, 3.05) is 13.2 Å². The third kappa shape index (κ3) is 8.69. The van der Waals surface area contributed by atoms with Crippen LogP contribution in [-0.2, 0) is 29.3 Å². The van der Waals surface area contributed by atoms with Crippen LogP contribution in [-0.4, -0.2) is 105 Å². The third-order valence-electron chi connectivity index (χ3n) is 8.72. The number of nitrogens with one attached hydrogen (secondary N) is 1. The lowest BCUT2D eigenvalue weighted by atomic mass is 9.80. The van der Waals surface area contributed by atoms with Crippen LogP contribution in [0.25, 0.3) is 0 Å². The molecule has 266 valence electrons. The molecule has 11 nitrogen and oxygen atoms in total. The van der Waals surface area contributed by atoms with Gasteiger partial charge in [-0.3, -0.25) is 0 Å². The number of alkyl carbamates (subject to hydrolysis) is 1. The highest BCUT2D eigenvalue weighted by Gasteiger charge is 2.51. The van der Waals surface area contributed by atoms with Crippen LogP contribution >= 0.6 is 34.8 Å². The van der Waals surface area contributed by atoms with Crippen molar-refractivity contribution in [3.63, 3.8) is 0 Å². The van der Waals surface area contributed by atoms with Crippen molar-refractivity contribution in [1.82, 2.24) is 5.32 Å². The summed E-state index contributed by atoms with van der Waals surface area (Å²) in [7, 11) is 0. The quantitative estimate of drug-likeness (QED) is 0.153. The maximum Gasteiger partial charge on any atom is 0.407 e. The molecule has 4 unspecified atom stereocenters. The number of rotatable bonds is 10. The fourth-order valence-corrected chi connectivity index (χ4v) is 6.38. The van der Waals surface area contributed by atoms with Gasteiger partial charge in [-0.25, -0.2) is 4.79 Å². The lowest BCUT2D eigenvalue weighted by Gasteiger charge is -2.47. The van der Waals surface area contributed by atoms with Gasteiger partial charge in [0.25, 0.3) is 0 Å². The number of aliphatic hydroxyl groups is 4. The Balaban J connectivity index is 1.47. The van der Waals surface area contributed by atoms with E-state index >= 15 is 0 Å². The molecule has 0 saturated carbocycles. The second-order valence-corrected chi connectivity index (χ2v) is 14.6. The number of carbonyl (C=O) groups excluding carboxylic acids is 1. The first-order valence-corrected chi connectivity index (χ1v) is 16.9. The number of aliphatic hydroxyl groups excluding tert-OH is 4. The topological polar surface area (TPSA) is 156 Å². The first-order chi connectivity index (χ1) is 23.3. The predicted molar refractivity (Wildman–Crippen MR) is 181 cm³/mol. The Kier molecular flexibility index (Phi) is 12.5. The molecule has 1 amide bonds. The Morgan fingerprint density at radius 2 is 1.24 bits per heavy atom. The van der Waals surface area contributed by atoms with Crippen LogP contribution in [0.2, 0.25) is 0 Å². The highest BCUT2D eigenvalue weighted by molar-refractivity contribution is 6.67. The van der Waals surface area contributed by atoms with Crippen LogP contribution in [0.3, 0.4) is 0 Å². The van der Waals surface area contributed by atoms with E-state index in [1.54, 1.807) is 6.92 Å². The maximum atomic E-state index is 12.8. The summed E-state index contributed by atoms with van der Waals surface area (Å²) in [6, 6.07) is 27.9. The molecule has 0 radical (unpaired) electrons. The predicted octanol–water partition coefficient (Wildman–Crippen LogP) is 3.82. The van der Waals surface area contributed by atoms with E-state index in [4.69, 9.17) is 58.5 Å². The number of hydrogen-bond donors (Lipinski definition) is 5. The Morgan fingerprint density at radius 3 is 1.73 bits per heavy atom. The van der Waals surface area contributed by atoms with Gasteiger partial charge in [0.05, 0.1) is 24.9 Å². The molecule has 14 heteroatoms. The smallest absolute Gasteiger partial charge is 0.407 e. The Labute approximate surface area is 299 Å². The molecule has 0 spiro atoms. The van der Waals surface area contributed by atoms with Crippen LogP contribution in [0.1, 0.15) is 30.5 Å². The van der Waals surface area contributed by atoms with E-state index in [9.17, 15) is 25.2 Å². The van der Waals surface area contributed by atoms with E-state index < -0.39 is 83.3 Å². The number of ether oxygens (including phenoxy) is 5. The molecule has 0 aliphatic carbocycles. The summed E-state index contributed by atoms with van der Waals surface area (Å²) in [4.78, 5) is 12.8. The lowest BCUT2D eigenvalue weighted by molar-refractivity contribution is -0.327.